The second kappa shape index (κ2) is 4.53. The van der Waals surface area contributed by atoms with Crippen LogP contribution in [0.25, 0.3) is 0 Å². The molecule has 0 radical (unpaired) electrons. The number of nitrogens with two attached hydrogens (primary N) is 1. The van der Waals surface area contributed by atoms with Gasteiger partial charge >= 0.3 is 0 Å². The summed E-state index contributed by atoms with van der Waals surface area (Å²) in [4.78, 5) is 9.70. The molecule has 2 heterocycles. The number of anilines is 2. The maximum absolute atomic E-state index is 5.74. The zero-order chi connectivity index (χ0) is 10.7. The first-order valence-corrected chi connectivity index (χ1v) is 5.54. The molecule has 5 nitrogen and oxygen atoms in total. The fraction of sp³-hybridized carbons (Fsp3) is 0.700. The van der Waals surface area contributed by atoms with Crippen molar-refractivity contribution in [1.82, 2.24) is 14.9 Å². The largest absolute Gasteiger partial charge is 0.382 e. The fourth-order valence-electron chi connectivity index (χ4n) is 1.98. The average molecular weight is 209 g/mol. The van der Waals surface area contributed by atoms with Crippen molar-refractivity contribution in [3.05, 3.63) is 5.82 Å². The highest BCUT2D eigenvalue weighted by molar-refractivity contribution is 5.56. The Hall–Kier alpha value is -1.23. The molecule has 1 fully saturated rings. The van der Waals surface area contributed by atoms with Gasteiger partial charge in [-0.3, -0.25) is 0 Å². The van der Waals surface area contributed by atoms with Gasteiger partial charge in [0.1, 0.15) is 11.6 Å². The third-order valence-corrected chi connectivity index (χ3v) is 2.77. The molecule has 0 aromatic carbocycles. The molecular weight excluding hydrogens is 190 g/mol. The number of aromatic nitrogens is 2. The van der Waals surface area contributed by atoms with E-state index in [0.29, 0.717) is 5.82 Å². The summed E-state index contributed by atoms with van der Waals surface area (Å²) in [5.74, 6) is 2.27. The quantitative estimate of drug-likeness (QED) is 0.686. The third-order valence-electron chi connectivity index (χ3n) is 2.77. The lowest BCUT2D eigenvalue weighted by atomic mass is 10.4. The van der Waals surface area contributed by atoms with Gasteiger partial charge in [0.25, 0.3) is 0 Å². The number of aromatic amines is 1. The van der Waals surface area contributed by atoms with E-state index in [-0.39, 0.29) is 0 Å². The van der Waals surface area contributed by atoms with Gasteiger partial charge in [-0.2, -0.15) is 0 Å². The van der Waals surface area contributed by atoms with E-state index < -0.39 is 0 Å². The molecule has 0 spiro atoms. The fourth-order valence-corrected chi connectivity index (χ4v) is 1.98. The van der Waals surface area contributed by atoms with Crippen LogP contribution in [-0.2, 0) is 0 Å². The Morgan fingerprint density at radius 3 is 2.80 bits per heavy atom. The molecule has 5 heteroatoms. The molecule has 1 aliphatic heterocycles. The first kappa shape index (κ1) is 10.3. The first-order chi connectivity index (χ1) is 7.25. The van der Waals surface area contributed by atoms with Crippen molar-refractivity contribution in [1.29, 1.82) is 0 Å². The molecular formula is C10H19N5. The van der Waals surface area contributed by atoms with E-state index in [1.807, 2.05) is 6.92 Å². The van der Waals surface area contributed by atoms with Gasteiger partial charge in [0.15, 0.2) is 5.82 Å². The smallest absolute Gasteiger partial charge is 0.168 e. The SMILES string of the molecule is Cc1nc(NCCN2CCCC2)c(N)[nH]1. The topological polar surface area (TPSA) is 70.0 Å². The van der Waals surface area contributed by atoms with Gasteiger partial charge in [-0.15, -0.1) is 0 Å². The predicted molar refractivity (Wildman–Crippen MR) is 61.9 cm³/mol. The van der Waals surface area contributed by atoms with Crippen LogP contribution in [0.5, 0.6) is 0 Å². The van der Waals surface area contributed by atoms with Gasteiger partial charge in [-0.25, -0.2) is 4.98 Å². The summed E-state index contributed by atoms with van der Waals surface area (Å²) in [6.07, 6.45) is 2.67. The van der Waals surface area contributed by atoms with Crippen LogP contribution in [0.15, 0.2) is 0 Å². The lowest BCUT2D eigenvalue weighted by Crippen LogP contribution is -2.26. The minimum absolute atomic E-state index is 0.633. The summed E-state index contributed by atoms with van der Waals surface area (Å²) in [5.41, 5.74) is 5.74. The number of imidazole rings is 1. The van der Waals surface area contributed by atoms with Crippen LogP contribution in [-0.4, -0.2) is 41.0 Å². The lowest BCUT2D eigenvalue weighted by Gasteiger charge is -2.14. The second-order valence-corrected chi connectivity index (χ2v) is 4.06. The van der Waals surface area contributed by atoms with Crippen molar-refractivity contribution in [3.8, 4) is 0 Å². The van der Waals surface area contributed by atoms with Crippen LogP contribution < -0.4 is 11.1 Å². The molecule has 0 aliphatic carbocycles. The Morgan fingerprint density at radius 2 is 2.20 bits per heavy atom. The summed E-state index contributed by atoms with van der Waals surface area (Å²) in [6, 6.07) is 0. The van der Waals surface area contributed by atoms with Crippen molar-refractivity contribution in [2.45, 2.75) is 19.8 Å². The number of hydrogen-bond acceptors (Lipinski definition) is 4. The zero-order valence-electron chi connectivity index (χ0n) is 9.21. The molecule has 4 N–H and O–H groups in total. The van der Waals surface area contributed by atoms with Gasteiger partial charge in [0, 0.05) is 13.1 Å². The number of nitrogens with zero attached hydrogens (tertiary/aromatic N) is 2. The van der Waals surface area contributed by atoms with E-state index in [1.165, 1.54) is 25.9 Å². The molecule has 1 aromatic rings. The normalized spacial score (nSPS) is 17.1. The van der Waals surface area contributed by atoms with Crippen LogP contribution in [0, 0.1) is 6.92 Å². The summed E-state index contributed by atoms with van der Waals surface area (Å²) in [6.45, 7) is 6.36. The van der Waals surface area contributed by atoms with Crippen LogP contribution >= 0.6 is 0 Å². The number of nitrogen functional groups attached to an aromatic ring is 1. The number of H-pyrrole nitrogens is 1. The Bertz CT molecular complexity index is 314. The third kappa shape index (κ3) is 2.62. The summed E-state index contributed by atoms with van der Waals surface area (Å²) in [7, 11) is 0. The van der Waals surface area contributed by atoms with Gasteiger partial charge in [-0.05, 0) is 32.9 Å². The molecule has 0 amide bonds. The number of hydrogen-bond donors (Lipinski definition) is 3. The van der Waals surface area contributed by atoms with E-state index in [9.17, 15) is 0 Å². The molecule has 0 atom stereocenters. The van der Waals surface area contributed by atoms with E-state index in [4.69, 9.17) is 5.73 Å². The van der Waals surface area contributed by atoms with Crippen LogP contribution in [0.3, 0.4) is 0 Å². The molecule has 0 unspecified atom stereocenters. The Balaban J connectivity index is 1.75. The highest BCUT2D eigenvalue weighted by atomic mass is 15.2. The van der Waals surface area contributed by atoms with E-state index in [1.54, 1.807) is 0 Å². The van der Waals surface area contributed by atoms with Gasteiger partial charge in [0.2, 0.25) is 0 Å². The highest BCUT2D eigenvalue weighted by Crippen LogP contribution is 2.13. The predicted octanol–water partition coefficient (Wildman–Crippen LogP) is 0.808. The Morgan fingerprint density at radius 1 is 1.47 bits per heavy atom. The molecule has 1 saturated heterocycles. The van der Waals surface area contributed by atoms with E-state index in [2.05, 4.69) is 20.2 Å². The Kier molecular flexibility index (Phi) is 3.11. The number of rotatable bonds is 4. The second-order valence-electron chi connectivity index (χ2n) is 4.06. The van der Waals surface area contributed by atoms with E-state index >= 15 is 0 Å². The van der Waals surface area contributed by atoms with E-state index in [0.717, 1.165) is 24.7 Å². The molecule has 1 aliphatic rings. The highest BCUT2D eigenvalue weighted by Gasteiger charge is 2.11. The maximum atomic E-state index is 5.74. The first-order valence-electron chi connectivity index (χ1n) is 5.54. The summed E-state index contributed by atoms with van der Waals surface area (Å²) >= 11 is 0. The van der Waals surface area contributed by atoms with Crippen molar-refractivity contribution in [2.24, 2.45) is 0 Å². The minimum atomic E-state index is 0.633. The van der Waals surface area contributed by atoms with Crippen LogP contribution in [0.1, 0.15) is 18.7 Å². The molecule has 1 aromatic heterocycles. The molecule has 15 heavy (non-hydrogen) atoms. The minimum Gasteiger partial charge on any atom is -0.382 e. The van der Waals surface area contributed by atoms with Crippen molar-refractivity contribution in [2.75, 3.05) is 37.2 Å². The zero-order valence-corrected chi connectivity index (χ0v) is 9.21. The molecule has 2 rings (SSSR count). The molecule has 84 valence electrons. The average Bonchev–Trinajstić information content (AvgIpc) is 2.77. The summed E-state index contributed by atoms with van der Waals surface area (Å²) < 4.78 is 0. The standard InChI is InChI=1S/C10H19N5/c1-8-13-9(11)10(14-8)12-4-7-15-5-2-3-6-15/h12H,2-7,11H2,1H3,(H,13,14). The van der Waals surface area contributed by atoms with Crippen molar-refractivity contribution in [3.63, 3.8) is 0 Å². The maximum Gasteiger partial charge on any atom is 0.168 e. The number of nitrogens with one attached hydrogen (secondary N) is 2. The number of aryl methyl sites for hydroxylation is 1. The molecule has 0 bridgehead atoms. The van der Waals surface area contributed by atoms with Gasteiger partial charge in [-0.1, -0.05) is 0 Å². The van der Waals surface area contributed by atoms with Crippen LogP contribution in [0.2, 0.25) is 0 Å². The lowest BCUT2D eigenvalue weighted by molar-refractivity contribution is 0.352. The van der Waals surface area contributed by atoms with Crippen molar-refractivity contribution < 1.29 is 0 Å². The monoisotopic (exact) mass is 209 g/mol. The van der Waals surface area contributed by atoms with Gasteiger partial charge in [0.05, 0.1) is 0 Å². The summed E-state index contributed by atoms with van der Waals surface area (Å²) in [5, 5.41) is 3.25. The number of likely N-dealkylation sites (tertiary alicyclic amines) is 1. The van der Waals surface area contributed by atoms with Crippen molar-refractivity contribution >= 4 is 11.6 Å². The molecule has 0 saturated carbocycles. The van der Waals surface area contributed by atoms with Crippen LogP contribution in [0.4, 0.5) is 11.6 Å². The van der Waals surface area contributed by atoms with Gasteiger partial charge < -0.3 is 20.9 Å². The Labute approximate surface area is 90.1 Å².